The molecule has 1 saturated heterocycles. The fourth-order valence-corrected chi connectivity index (χ4v) is 9.38. The number of phenols is 2. The van der Waals surface area contributed by atoms with Gasteiger partial charge in [-0.05, 0) is 62.5 Å². The number of carbonyl (C=O) groups is 1. The van der Waals surface area contributed by atoms with Gasteiger partial charge in [0.15, 0.2) is 30.4 Å². The van der Waals surface area contributed by atoms with Crippen LogP contribution in [0.1, 0.15) is 65.6 Å². The molecule has 2 spiro atoms. The molecule has 4 aliphatic carbocycles. The molecule has 1 aliphatic heterocycles. The van der Waals surface area contributed by atoms with Crippen molar-refractivity contribution in [1.29, 1.82) is 0 Å². The van der Waals surface area contributed by atoms with Crippen molar-refractivity contribution in [2.75, 3.05) is 13.1 Å². The van der Waals surface area contributed by atoms with Gasteiger partial charge >= 0.3 is 0 Å². The summed E-state index contributed by atoms with van der Waals surface area (Å²) in [5.74, 6) is 0.388. The number of aromatic nitrogens is 1. The second kappa shape index (κ2) is 8.79. The fraction of sp³-hybridized carbons (Fsp3) is 0.471. The number of nitrogens with zero attached hydrogens (tertiary/aromatic N) is 2. The Balaban J connectivity index is 1.07. The Morgan fingerprint density at radius 2 is 1.80 bits per heavy atom. The van der Waals surface area contributed by atoms with Crippen LogP contribution in [-0.4, -0.2) is 56.9 Å². The smallest absolute Gasteiger partial charge is 0.251 e. The standard InChI is InChI=1S/C34H37N3O4/c38-27-9-8-25-16-32-20-33(28(25)29(27)39)17-26(10-13-34(33,41)31(32)37(21-32)19-23-6-7-23)35-30(40)24-11-14-36(15-12-24)18-22-4-2-1-3-5-22/h1-5,8-9,11-12,14-15,23,26,31,35,40-41H,6-7,10,13,16-21H2/p+1/t26?,31?,32-,33-,34?/m0/s1. The number of rotatable bonds is 6. The van der Waals surface area contributed by atoms with Gasteiger partial charge < -0.3 is 20.6 Å². The van der Waals surface area contributed by atoms with Gasteiger partial charge in [-0.15, -0.1) is 0 Å². The molecule has 212 valence electrons. The molecule has 2 heterocycles. The van der Waals surface area contributed by atoms with E-state index in [9.17, 15) is 20.1 Å². The summed E-state index contributed by atoms with van der Waals surface area (Å²) in [5, 5.41) is 37.8. The number of likely N-dealkylation sites (tertiary alicyclic amines) is 1. The van der Waals surface area contributed by atoms with Crippen LogP contribution in [0.3, 0.4) is 0 Å². The van der Waals surface area contributed by atoms with Crippen LogP contribution in [0.4, 0.5) is 0 Å². The molecule has 5 atom stereocenters. The summed E-state index contributed by atoms with van der Waals surface area (Å²) in [6.07, 6.45) is 9.81. The van der Waals surface area contributed by atoms with Crippen molar-refractivity contribution in [3.05, 3.63) is 89.2 Å². The number of hydrogen-bond donors (Lipinski definition) is 4. The molecule has 1 aromatic heterocycles. The second-order valence-corrected chi connectivity index (χ2v) is 13.6. The maximum atomic E-state index is 13.4. The molecule has 7 heteroatoms. The van der Waals surface area contributed by atoms with E-state index in [1.807, 2.05) is 48.8 Å². The van der Waals surface area contributed by atoms with Gasteiger partial charge in [-0.3, -0.25) is 9.69 Å². The number of amides is 1. The van der Waals surface area contributed by atoms with Crippen molar-refractivity contribution in [1.82, 2.24) is 10.2 Å². The average Bonchev–Trinajstić information content (AvgIpc) is 3.76. The zero-order chi connectivity index (χ0) is 28.0. The first kappa shape index (κ1) is 25.3. The minimum Gasteiger partial charge on any atom is -0.504 e. The quantitative estimate of drug-likeness (QED) is 0.278. The highest BCUT2D eigenvalue weighted by Crippen LogP contribution is 2.73. The lowest BCUT2D eigenvalue weighted by Crippen LogP contribution is -2.71. The minimum absolute atomic E-state index is 0.0231. The maximum absolute atomic E-state index is 13.4. The summed E-state index contributed by atoms with van der Waals surface area (Å²) >= 11 is 0. The van der Waals surface area contributed by atoms with Gasteiger partial charge in [0.05, 0.1) is 11.2 Å². The Bertz CT molecular complexity index is 1520. The predicted octanol–water partition coefficient (Wildman–Crippen LogP) is 3.43. The Hall–Kier alpha value is -3.42. The Morgan fingerprint density at radius 1 is 1.02 bits per heavy atom. The van der Waals surface area contributed by atoms with Crippen molar-refractivity contribution in [2.45, 2.75) is 74.6 Å². The van der Waals surface area contributed by atoms with E-state index >= 15 is 0 Å². The number of hydrogen-bond acceptors (Lipinski definition) is 5. The third-order valence-corrected chi connectivity index (χ3v) is 11.0. The van der Waals surface area contributed by atoms with Gasteiger partial charge in [-0.2, -0.15) is 0 Å². The zero-order valence-corrected chi connectivity index (χ0v) is 23.3. The summed E-state index contributed by atoms with van der Waals surface area (Å²) in [4.78, 5) is 15.9. The van der Waals surface area contributed by atoms with Crippen LogP contribution in [0.5, 0.6) is 11.5 Å². The van der Waals surface area contributed by atoms with Crippen molar-refractivity contribution in [2.24, 2.45) is 11.3 Å². The van der Waals surface area contributed by atoms with Crippen LogP contribution < -0.4 is 9.88 Å². The van der Waals surface area contributed by atoms with E-state index in [0.717, 1.165) is 44.0 Å². The summed E-state index contributed by atoms with van der Waals surface area (Å²) in [7, 11) is 0. The number of nitrogens with one attached hydrogen (secondary N) is 1. The topological polar surface area (TPSA) is 96.9 Å². The SMILES string of the molecule is O=C(NC1CCC2(O)C3N(CC4CC4)C[C@@]34Cc3ccc(O)c(O)c3[C@]2(C1)C4)c1cc[n+](Cc2ccccc2)cc1. The van der Waals surface area contributed by atoms with Gasteiger partial charge in [-0.25, -0.2) is 4.57 Å². The lowest BCUT2D eigenvalue weighted by molar-refractivity contribution is -0.688. The minimum atomic E-state index is -1.01. The normalized spacial score (nSPS) is 33.3. The monoisotopic (exact) mass is 552 g/mol. The summed E-state index contributed by atoms with van der Waals surface area (Å²) in [5.41, 5.74) is 1.82. The van der Waals surface area contributed by atoms with Crippen molar-refractivity contribution in [3.63, 3.8) is 0 Å². The molecule has 4 fully saturated rings. The molecule has 41 heavy (non-hydrogen) atoms. The molecule has 0 radical (unpaired) electrons. The van der Waals surface area contributed by atoms with Crippen LogP contribution >= 0.6 is 0 Å². The maximum Gasteiger partial charge on any atom is 0.251 e. The van der Waals surface area contributed by atoms with Crippen LogP contribution in [0.25, 0.3) is 0 Å². The second-order valence-electron chi connectivity index (χ2n) is 13.6. The van der Waals surface area contributed by atoms with E-state index in [-0.39, 0.29) is 34.9 Å². The lowest BCUT2D eigenvalue weighted by atomic mass is 9.57. The van der Waals surface area contributed by atoms with E-state index in [0.29, 0.717) is 30.4 Å². The van der Waals surface area contributed by atoms with Crippen molar-refractivity contribution in [3.8, 4) is 11.5 Å². The molecule has 4 N–H and O–H groups in total. The van der Waals surface area contributed by atoms with Crippen LogP contribution in [0.2, 0.25) is 0 Å². The van der Waals surface area contributed by atoms with Crippen LogP contribution in [-0.2, 0) is 18.4 Å². The number of benzene rings is 2. The third kappa shape index (κ3) is 3.71. The fourth-order valence-electron chi connectivity index (χ4n) is 9.38. The highest BCUT2D eigenvalue weighted by molar-refractivity contribution is 5.94. The van der Waals surface area contributed by atoms with Crippen LogP contribution in [0.15, 0.2) is 67.0 Å². The van der Waals surface area contributed by atoms with Gasteiger partial charge in [-0.1, -0.05) is 36.4 Å². The molecule has 2 bridgehead atoms. The summed E-state index contributed by atoms with van der Waals surface area (Å²) < 4.78 is 2.06. The molecular formula is C34H38N3O4+. The van der Waals surface area contributed by atoms with E-state index in [1.165, 1.54) is 18.4 Å². The molecule has 3 saturated carbocycles. The first-order chi connectivity index (χ1) is 19.8. The summed E-state index contributed by atoms with van der Waals surface area (Å²) in [6, 6.07) is 17.4. The molecule has 3 aromatic rings. The molecule has 1 amide bonds. The number of phenolic OH excluding ortho intramolecular Hbond substituents is 2. The number of aliphatic hydroxyl groups is 1. The predicted molar refractivity (Wildman–Crippen MR) is 153 cm³/mol. The largest absolute Gasteiger partial charge is 0.504 e. The third-order valence-electron chi connectivity index (χ3n) is 11.0. The number of fused-ring (bicyclic) bond motifs is 2. The first-order valence-electron chi connectivity index (χ1n) is 15.1. The Labute approximate surface area is 240 Å². The number of aromatic hydroxyl groups is 2. The molecule has 3 unspecified atom stereocenters. The van der Waals surface area contributed by atoms with Crippen molar-refractivity contribution >= 4 is 5.91 Å². The van der Waals surface area contributed by atoms with Gasteiger partial charge in [0, 0.05) is 59.3 Å². The van der Waals surface area contributed by atoms with E-state index in [4.69, 9.17) is 0 Å². The highest BCUT2D eigenvalue weighted by atomic mass is 16.3. The highest BCUT2D eigenvalue weighted by Gasteiger charge is 2.78. The molecule has 5 aliphatic rings. The summed E-state index contributed by atoms with van der Waals surface area (Å²) in [6.45, 7) is 2.75. The number of carbonyl (C=O) groups excluding carboxylic acids is 1. The first-order valence-corrected chi connectivity index (χ1v) is 15.1. The Kier molecular flexibility index (Phi) is 5.43. The Morgan fingerprint density at radius 3 is 2.56 bits per heavy atom. The van der Waals surface area contributed by atoms with Crippen LogP contribution in [0, 0.1) is 11.3 Å². The van der Waals surface area contributed by atoms with Gasteiger partial charge in [0.1, 0.15) is 0 Å². The average molecular weight is 553 g/mol. The van der Waals surface area contributed by atoms with E-state index in [1.54, 1.807) is 6.07 Å². The van der Waals surface area contributed by atoms with Crippen molar-refractivity contribution < 1.29 is 24.7 Å². The van der Waals surface area contributed by atoms with E-state index in [2.05, 4.69) is 26.9 Å². The van der Waals surface area contributed by atoms with Gasteiger partial charge in [0.25, 0.3) is 5.91 Å². The zero-order valence-electron chi connectivity index (χ0n) is 23.3. The van der Waals surface area contributed by atoms with Gasteiger partial charge in [0.2, 0.25) is 0 Å². The molecule has 2 aromatic carbocycles. The molecule has 8 rings (SSSR count). The number of pyridine rings is 1. The molecular weight excluding hydrogens is 514 g/mol. The van der Waals surface area contributed by atoms with E-state index < -0.39 is 11.0 Å². The molecule has 7 nitrogen and oxygen atoms in total. The lowest BCUT2D eigenvalue weighted by Gasteiger charge is -2.58.